The minimum Gasteiger partial charge on any atom is -0.397 e. The second kappa shape index (κ2) is 5.81. The number of nitrogen functional groups attached to an aromatic ring is 1. The first-order valence-corrected chi connectivity index (χ1v) is 6.89. The average molecular weight is 287 g/mol. The van der Waals surface area contributed by atoms with E-state index in [1.165, 1.54) is 12.8 Å². The van der Waals surface area contributed by atoms with Crippen molar-refractivity contribution in [1.29, 1.82) is 0 Å². The van der Waals surface area contributed by atoms with E-state index in [1.807, 2.05) is 4.90 Å². The van der Waals surface area contributed by atoms with Gasteiger partial charge in [0.25, 0.3) is 5.91 Å². The summed E-state index contributed by atoms with van der Waals surface area (Å²) in [5, 5.41) is 0.638. The zero-order chi connectivity index (χ0) is 13.1. The molecule has 1 aromatic carbocycles. The molecule has 1 amide bonds. The van der Waals surface area contributed by atoms with E-state index >= 15 is 0 Å². The van der Waals surface area contributed by atoms with Crippen molar-refractivity contribution in [2.45, 2.75) is 25.7 Å². The molecular formula is C13H16Cl2N2O. The summed E-state index contributed by atoms with van der Waals surface area (Å²) in [6.45, 7) is 1.61. The van der Waals surface area contributed by atoms with E-state index in [2.05, 4.69) is 0 Å². The van der Waals surface area contributed by atoms with E-state index in [9.17, 15) is 4.79 Å². The third-order valence-electron chi connectivity index (χ3n) is 3.20. The van der Waals surface area contributed by atoms with Crippen LogP contribution in [0.15, 0.2) is 12.1 Å². The van der Waals surface area contributed by atoms with E-state index < -0.39 is 0 Å². The Morgan fingerprint density at radius 3 is 2.28 bits per heavy atom. The zero-order valence-corrected chi connectivity index (χ0v) is 11.6. The highest BCUT2D eigenvalue weighted by Crippen LogP contribution is 2.30. The first-order valence-electron chi connectivity index (χ1n) is 6.13. The minimum atomic E-state index is -0.0119. The van der Waals surface area contributed by atoms with Crippen LogP contribution in [-0.2, 0) is 0 Å². The quantitative estimate of drug-likeness (QED) is 0.802. The smallest absolute Gasteiger partial charge is 0.253 e. The van der Waals surface area contributed by atoms with Gasteiger partial charge in [-0.3, -0.25) is 4.79 Å². The van der Waals surface area contributed by atoms with Crippen LogP contribution in [0.4, 0.5) is 5.69 Å². The van der Waals surface area contributed by atoms with Crippen LogP contribution < -0.4 is 5.73 Å². The molecule has 2 N–H and O–H groups in total. The number of benzene rings is 1. The molecule has 0 bridgehead atoms. The van der Waals surface area contributed by atoms with Gasteiger partial charge in [0.1, 0.15) is 0 Å². The molecule has 1 aliphatic heterocycles. The van der Waals surface area contributed by atoms with Crippen LogP contribution in [0.5, 0.6) is 0 Å². The fourth-order valence-electron chi connectivity index (χ4n) is 2.19. The lowest BCUT2D eigenvalue weighted by molar-refractivity contribution is 0.0761. The number of carbonyl (C=O) groups excluding carboxylic acids is 1. The normalized spacial score (nSPS) is 16.4. The number of hydrogen-bond acceptors (Lipinski definition) is 2. The molecule has 1 aromatic rings. The first-order chi connectivity index (χ1) is 8.59. The van der Waals surface area contributed by atoms with Gasteiger partial charge in [-0.05, 0) is 25.0 Å². The number of likely N-dealkylation sites (tertiary alicyclic amines) is 1. The Kier molecular flexibility index (Phi) is 4.36. The molecule has 0 aliphatic carbocycles. The Morgan fingerprint density at radius 2 is 1.72 bits per heavy atom. The Morgan fingerprint density at radius 1 is 1.11 bits per heavy atom. The summed E-state index contributed by atoms with van der Waals surface area (Å²) in [5.41, 5.74) is 6.60. The van der Waals surface area contributed by atoms with Gasteiger partial charge >= 0.3 is 0 Å². The van der Waals surface area contributed by atoms with Crippen molar-refractivity contribution in [2.24, 2.45) is 0 Å². The molecule has 1 fully saturated rings. The van der Waals surface area contributed by atoms with Crippen LogP contribution in [0, 0.1) is 0 Å². The van der Waals surface area contributed by atoms with Gasteiger partial charge in [0.15, 0.2) is 0 Å². The third-order valence-corrected chi connectivity index (χ3v) is 4.01. The van der Waals surface area contributed by atoms with E-state index in [1.54, 1.807) is 12.1 Å². The monoisotopic (exact) mass is 286 g/mol. The molecule has 0 atom stereocenters. The van der Waals surface area contributed by atoms with Gasteiger partial charge in [-0.2, -0.15) is 0 Å². The molecule has 18 heavy (non-hydrogen) atoms. The van der Waals surface area contributed by atoms with Gasteiger partial charge in [0.2, 0.25) is 0 Å². The number of anilines is 1. The standard InChI is InChI=1S/C13H16Cl2N2O/c14-10-7-9(8-11(16)12(10)15)13(18)17-5-3-1-2-4-6-17/h7-8H,1-6,16H2. The summed E-state index contributed by atoms with van der Waals surface area (Å²) >= 11 is 11.8. The summed E-state index contributed by atoms with van der Waals surface area (Å²) in [4.78, 5) is 14.2. The van der Waals surface area contributed by atoms with Crippen molar-refractivity contribution in [3.63, 3.8) is 0 Å². The van der Waals surface area contributed by atoms with Crippen LogP contribution in [-0.4, -0.2) is 23.9 Å². The molecule has 98 valence electrons. The molecule has 0 unspecified atom stereocenters. The number of nitrogens with zero attached hydrogens (tertiary/aromatic N) is 1. The summed E-state index contributed by atoms with van der Waals surface area (Å²) < 4.78 is 0. The second-order valence-corrected chi connectivity index (χ2v) is 5.35. The number of nitrogens with two attached hydrogens (primary N) is 1. The topological polar surface area (TPSA) is 46.3 Å². The predicted molar refractivity (Wildman–Crippen MR) is 75.2 cm³/mol. The van der Waals surface area contributed by atoms with Crippen LogP contribution in [0.1, 0.15) is 36.0 Å². The molecule has 0 radical (unpaired) electrons. The van der Waals surface area contributed by atoms with Gasteiger partial charge in [0, 0.05) is 18.7 Å². The molecule has 0 saturated carbocycles. The van der Waals surface area contributed by atoms with Crippen LogP contribution in [0.25, 0.3) is 0 Å². The molecule has 0 aromatic heterocycles. The van der Waals surface area contributed by atoms with Crippen molar-refractivity contribution in [3.8, 4) is 0 Å². The molecule has 1 heterocycles. The predicted octanol–water partition coefficient (Wildman–Crippen LogP) is 3.59. The summed E-state index contributed by atoms with van der Waals surface area (Å²) in [6.07, 6.45) is 4.49. The SMILES string of the molecule is Nc1cc(C(=O)N2CCCCCC2)cc(Cl)c1Cl. The minimum absolute atomic E-state index is 0.0119. The van der Waals surface area contributed by atoms with Crippen LogP contribution in [0.2, 0.25) is 10.0 Å². The van der Waals surface area contributed by atoms with E-state index in [0.717, 1.165) is 25.9 Å². The van der Waals surface area contributed by atoms with Crippen molar-refractivity contribution in [1.82, 2.24) is 4.90 Å². The van der Waals surface area contributed by atoms with Crippen molar-refractivity contribution < 1.29 is 4.79 Å². The maximum atomic E-state index is 12.3. The number of hydrogen-bond donors (Lipinski definition) is 1. The molecular weight excluding hydrogens is 271 g/mol. The van der Waals surface area contributed by atoms with Crippen LogP contribution in [0.3, 0.4) is 0 Å². The average Bonchev–Trinajstić information content (AvgIpc) is 2.63. The second-order valence-electron chi connectivity index (χ2n) is 4.57. The Labute approximate surface area is 117 Å². The van der Waals surface area contributed by atoms with Crippen molar-refractivity contribution >= 4 is 34.8 Å². The van der Waals surface area contributed by atoms with Gasteiger partial charge in [-0.15, -0.1) is 0 Å². The Balaban J connectivity index is 2.22. The third kappa shape index (κ3) is 2.90. The maximum Gasteiger partial charge on any atom is 0.253 e. The molecule has 1 saturated heterocycles. The fraction of sp³-hybridized carbons (Fsp3) is 0.462. The Hall–Kier alpha value is -0.930. The van der Waals surface area contributed by atoms with Gasteiger partial charge in [0.05, 0.1) is 15.7 Å². The van der Waals surface area contributed by atoms with Gasteiger partial charge < -0.3 is 10.6 Å². The highest BCUT2D eigenvalue weighted by Gasteiger charge is 2.19. The van der Waals surface area contributed by atoms with E-state index in [4.69, 9.17) is 28.9 Å². The largest absolute Gasteiger partial charge is 0.397 e. The molecule has 1 aliphatic rings. The zero-order valence-electron chi connectivity index (χ0n) is 10.1. The summed E-state index contributed by atoms with van der Waals surface area (Å²) in [5.74, 6) is -0.0119. The maximum absolute atomic E-state index is 12.3. The van der Waals surface area contributed by atoms with E-state index in [0.29, 0.717) is 21.3 Å². The summed E-state index contributed by atoms with van der Waals surface area (Å²) in [6, 6.07) is 3.19. The lowest BCUT2D eigenvalue weighted by atomic mass is 10.1. The molecule has 0 spiro atoms. The first kappa shape index (κ1) is 13.5. The molecule has 2 rings (SSSR count). The lowest BCUT2D eigenvalue weighted by Crippen LogP contribution is -2.31. The summed E-state index contributed by atoms with van der Waals surface area (Å²) in [7, 11) is 0. The van der Waals surface area contributed by atoms with Gasteiger partial charge in [-0.1, -0.05) is 36.0 Å². The highest BCUT2D eigenvalue weighted by molar-refractivity contribution is 6.43. The van der Waals surface area contributed by atoms with E-state index in [-0.39, 0.29) is 5.91 Å². The number of halogens is 2. The number of carbonyl (C=O) groups is 1. The highest BCUT2D eigenvalue weighted by atomic mass is 35.5. The number of rotatable bonds is 1. The van der Waals surface area contributed by atoms with Gasteiger partial charge in [-0.25, -0.2) is 0 Å². The Bertz CT molecular complexity index is 431. The van der Waals surface area contributed by atoms with Crippen LogP contribution >= 0.6 is 23.2 Å². The fourth-order valence-corrected chi connectivity index (χ4v) is 2.53. The molecule has 3 nitrogen and oxygen atoms in total. The lowest BCUT2D eigenvalue weighted by Gasteiger charge is -2.20. The number of amides is 1. The van der Waals surface area contributed by atoms with Crippen molar-refractivity contribution in [3.05, 3.63) is 27.7 Å². The molecule has 5 heteroatoms. The van der Waals surface area contributed by atoms with Crippen molar-refractivity contribution in [2.75, 3.05) is 18.8 Å².